The largest absolute Gasteiger partial charge is 0.388 e. The van der Waals surface area contributed by atoms with Gasteiger partial charge in [0.25, 0.3) is 0 Å². The zero-order valence-electron chi connectivity index (χ0n) is 10.3. The van der Waals surface area contributed by atoms with Crippen molar-refractivity contribution in [1.82, 2.24) is 9.55 Å². The highest BCUT2D eigenvalue weighted by Crippen LogP contribution is 2.24. The SMILES string of the molecule is CCCn1ccnc1CC(O)c1cscc1C. The van der Waals surface area contributed by atoms with E-state index in [1.165, 1.54) is 0 Å². The molecule has 0 aromatic carbocycles. The number of aromatic nitrogens is 2. The minimum Gasteiger partial charge on any atom is -0.388 e. The Morgan fingerprint density at radius 2 is 2.29 bits per heavy atom. The van der Waals surface area contributed by atoms with Crippen molar-refractivity contribution in [2.24, 2.45) is 0 Å². The van der Waals surface area contributed by atoms with Gasteiger partial charge in [-0.25, -0.2) is 4.98 Å². The lowest BCUT2D eigenvalue weighted by Gasteiger charge is -2.12. The summed E-state index contributed by atoms with van der Waals surface area (Å²) in [7, 11) is 0. The second kappa shape index (κ2) is 5.47. The molecule has 0 spiro atoms. The van der Waals surface area contributed by atoms with E-state index >= 15 is 0 Å². The lowest BCUT2D eigenvalue weighted by atomic mass is 10.1. The molecule has 1 unspecified atom stereocenters. The van der Waals surface area contributed by atoms with Crippen molar-refractivity contribution in [3.05, 3.63) is 40.1 Å². The van der Waals surface area contributed by atoms with E-state index in [2.05, 4.69) is 21.9 Å². The highest BCUT2D eigenvalue weighted by Gasteiger charge is 2.14. The first-order chi connectivity index (χ1) is 8.22. The zero-order chi connectivity index (χ0) is 12.3. The molecule has 2 aromatic heterocycles. The summed E-state index contributed by atoms with van der Waals surface area (Å²) in [6, 6.07) is 0. The maximum atomic E-state index is 10.2. The van der Waals surface area contributed by atoms with Crippen LogP contribution in [0.15, 0.2) is 23.2 Å². The van der Waals surface area contributed by atoms with Gasteiger partial charge in [-0.05, 0) is 35.2 Å². The molecule has 2 rings (SSSR count). The number of aliphatic hydroxyl groups excluding tert-OH is 1. The summed E-state index contributed by atoms with van der Waals surface area (Å²) in [5.74, 6) is 0.963. The van der Waals surface area contributed by atoms with Gasteiger partial charge in [0.1, 0.15) is 5.82 Å². The quantitative estimate of drug-likeness (QED) is 0.886. The Balaban J connectivity index is 2.10. The average Bonchev–Trinajstić information content (AvgIpc) is 2.89. The van der Waals surface area contributed by atoms with E-state index in [0.717, 1.165) is 29.9 Å². The molecular weight excluding hydrogens is 232 g/mol. The number of aryl methyl sites for hydroxylation is 2. The second-order valence-electron chi connectivity index (χ2n) is 4.27. The fraction of sp³-hybridized carbons (Fsp3) is 0.462. The molecule has 92 valence electrons. The van der Waals surface area contributed by atoms with E-state index in [9.17, 15) is 5.11 Å². The van der Waals surface area contributed by atoms with Gasteiger partial charge in [-0.15, -0.1) is 0 Å². The summed E-state index contributed by atoms with van der Waals surface area (Å²) >= 11 is 1.63. The summed E-state index contributed by atoms with van der Waals surface area (Å²) < 4.78 is 2.12. The topological polar surface area (TPSA) is 38.0 Å². The third-order valence-electron chi connectivity index (χ3n) is 2.90. The molecule has 0 fully saturated rings. The molecule has 3 nitrogen and oxygen atoms in total. The molecule has 0 aliphatic rings. The highest BCUT2D eigenvalue weighted by molar-refractivity contribution is 7.08. The molecule has 4 heteroatoms. The molecule has 1 atom stereocenters. The van der Waals surface area contributed by atoms with Crippen molar-refractivity contribution >= 4 is 11.3 Å². The lowest BCUT2D eigenvalue weighted by Crippen LogP contribution is -2.09. The van der Waals surface area contributed by atoms with Crippen molar-refractivity contribution in [2.45, 2.75) is 39.3 Å². The Kier molecular flexibility index (Phi) is 3.97. The van der Waals surface area contributed by atoms with Crippen LogP contribution >= 0.6 is 11.3 Å². The molecular formula is C13H18N2OS. The third-order valence-corrected chi connectivity index (χ3v) is 3.78. The van der Waals surface area contributed by atoms with Crippen LogP contribution in [0.5, 0.6) is 0 Å². The van der Waals surface area contributed by atoms with Gasteiger partial charge in [0, 0.05) is 25.4 Å². The van der Waals surface area contributed by atoms with Crippen molar-refractivity contribution < 1.29 is 5.11 Å². The first kappa shape index (κ1) is 12.3. The molecule has 0 saturated carbocycles. The number of imidazole rings is 1. The van der Waals surface area contributed by atoms with Crippen LogP contribution in [0, 0.1) is 6.92 Å². The van der Waals surface area contributed by atoms with Gasteiger partial charge in [0.15, 0.2) is 0 Å². The number of hydrogen-bond acceptors (Lipinski definition) is 3. The van der Waals surface area contributed by atoms with Crippen LogP contribution in [-0.2, 0) is 13.0 Å². The maximum absolute atomic E-state index is 10.2. The monoisotopic (exact) mass is 250 g/mol. The Morgan fingerprint density at radius 3 is 2.94 bits per heavy atom. The van der Waals surface area contributed by atoms with Crippen molar-refractivity contribution in [2.75, 3.05) is 0 Å². The Hall–Kier alpha value is -1.13. The van der Waals surface area contributed by atoms with Crippen LogP contribution in [-0.4, -0.2) is 14.7 Å². The van der Waals surface area contributed by atoms with Gasteiger partial charge in [-0.3, -0.25) is 0 Å². The van der Waals surface area contributed by atoms with Gasteiger partial charge in [-0.1, -0.05) is 6.92 Å². The predicted octanol–water partition coefficient (Wildman–Crippen LogP) is 2.94. The summed E-state index contributed by atoms with van der Waals surface area (Å²) in [6.45, 7) is 5.14. The fourth-order valence-corrected chi connectivity index (χ4v) is 2.87. The molecule has 2 heterocycles. The number of rotatable bonds is 5. The molecule has 0 bridgehead atoms. The molecule has 1 N–H and O–H groups in total. The molecule has 0 aliphatic heterocycles. The Morgan fingerprint density at radius 1 is 1.47 bits per heavy atom. The van der Waals surface area contributed by atoms with Crippen molar-refractivity contribution in [3.63, 3.8) is 0 Å². The smallest absolute Gasteiger partial charge is 0.111 e. The van der Waals surface area contributed by atoms with E-state index in [1.54, 1.807) is 17.5 Å². The van der Waals surface area contributed by atoms with E-state index in [-0.39, 0.29) is 0 Å². The molecule has 0 radical (unpaired) electrons. The fourth-order valence-electron chi connectivity index (χ4n) is 1.97. The zero-order valence-corrected chi connectivity index (χ0v) is 11.1. The minimum atomic E-state index is -0.445. The summed E-state index contributed by atoms with van der Waals surface area (Å²) in [5.41, 5.74) is 2.19. The van der Waals surface area contributed by atoms with E-state index in [1.807, 2.05) is 18.5 Å². The lowest BCUT2D eigenvalue weighted by molar-refractivity contribution is 0.174. The van der Waals surface area contributed by atoms with Gasteiger partial charge in [0.05, 0.1) is 6.10 Å². The van der Waals surface area contributed by atoms with Crippen LogP contribution in [0.4, 0.5) is 0 Å². The normalized spacial score (nSPS) is 12.9. The number of hydrogen-bond donors (Lipinski definition) is 1. The predicted molar refractivity (Wildman–Crippen MR) is 70.2 cm³/mol. The van der Waals surface area contributed by atoms with Gasteiger partial charge >= 0.3 is 0 Å². The number of nitrogens with zero attached hydrogens (tertiary/aromatic N) is 2. The van der Waals surface area contributed by atoms with Crippen molar-refractivity contribution in [3.8, 4) is 0 Å². The van der Waals surface area contributed by atoms with Crippen LogP contribution in [0.3, 0.4) is 0 Å². The first-order valence-electron chi connectivity index (χ1n) is 5.93. The summed E-state index contributed by atoms with van der Waals surface area (Å²) in [5, 5.41) is 14.3. The summed E-state index contributed by atoms with van der Waals surface area (Å²) in [4.78, 5) is 4.32. The highest BCUT2D eigenvalue weighted by atomic mass is 32.1. The molecule has 0 aliphatic carbocycles. The van der Waals surface area contributed by atoms with Crippen LogP contribution in [0.2, 0.25) is 0 Å². The first-order valence-corrected chi connectivity index (χ1v) is 6.87. The van der Waals surface area contributed by atoms with Crippen molar-refractivity contribution in [1.29, 1.82) is 0 Å². The van der Waals surface area contributed by atoms with E-state index in [4.69, 9.17) is 0 Å². The average molecular weight is 250 g/mol. The molecule has 2 aromatic rings. The Bertz CT molecular complexity index is 475. The standard InChI is InChI=1S/C13H18N2OS/c1-3-5-15-6-4-14-13(15)7-12(16)11-9-17-8-10(11)2/h4,6,8-9,12,16H,3,5,7H2,1-2H3. The van der Waals surface area contributed by atoms with Gasteiger partial charge in [0.2, 0.25) is 0 Å². The molecule has 0 amide bonds. The third kappa shape index (κ3) is 2.76. The minimum absolute atomic E-state index is 0.445. The molecule has 17 heavy (non-hydrogen) atoms. The van der Waals surface area contributed by atoms with Crippen LogP contribution < -0.4 is 0 Å². The van der Waals surface area contributed by atoms with Crippen LogP contribution in [0.25, 0.3) is 0 Å². The van der Waals surface area contributed by atoms with Crippen LogP contribution in [0.1, 0.15) is 36.4 Å². The maximum Gasteiger partial charge on any atom is 0.111 e. The number of aliphatic hydroxyl groups is 1. The van der Waals surface area contributed by atoms with Gasteiger partial charge in [-0.2, -0.15) is 11.3 Å². The van der Waals surface area contributed by atoms with E-state index in [0.29, 0.717) is 6.42 Å². The summed E-state index contributed by atoms with van der Waals surface area (Å²) in [6.07, 6.45) is 5.00. The Labute approximate surface area is 106 Å². The number of thiophene rings is 1. The van der Waals surface area contributed by atoms with E-state index < -0.39 is 6.10 Å². The molecule has 0 saturated heterocycles. The second-order valence-corrected chi connectivity index (χ2v) is 5.01. The van der Waals surface area contributed by atoms with Gasteiger partial charge < -0.3 is 9.67 Å².